The van der Waals surface area contributed by atoms with E-state index in [0.717, 1.165) is 27.7 Å². The van der Waals surface area contributed by atoms with E-state index in [2.05, 4.69) is 20.9 Å². The molecule has 2 aromatic carbocycles. The zero-order valence-corrected chi connectivity index (χ0v) is 21.5. The third-order valence-electron chi connectivity index (χ3n) is 7.19. The van der Waals surface area contributed by atoms with Crippen molar-refractivity contribution in [1.82, 2.24) is 14.9 Å². The van der Waals surface area contributed by atoms with Crippen LogP contribution in [0.15, 0.2) is 35.5 Å². The molecule has 1 unspecified atom stereocenters. The van der Waals surface area contributed by atoms with Crippen molar-refractivity contribution in [2.24, 2.45) is 0 Å². The molecule has 1 amide bonds. The van der Waals surface area contributed by atoms with E-state index in [9.17, 15) is 23.8 Å². The lowest BCUT2D eigenvalue weighted by Gasteiger charge is -2.41. The molecule has 2 atom stereocenters. The van der Waals surface area contributed by atoms with Crippen molar-refractivity contribution in [1.29, 1.82) is 5.26 Å². The predicted octanol–water partition coefficient (Wildman–Crippen LogP) is 3.46. The average molecular weight is 523 g/mol. The Morgan fingerprint density at radius 1 is 1.22 bits per heavy atom. The highest BCUT2D eigenvalue weighted by Crippen LogP contribution is 2.36. The highest BCUT2D eigenvalue weighted by Gasteiger charge is 2.34. The number of carbonyl (C=O) groups is 1. The van der Waals surface area contributed by atoms with Gasteiger partial charge in [0, 0.05) is 49.1 Å². The standard InChI is InChI=1S/C26H27FN6O3S/c1-16-20(27)7-6-17-4-3-5-22(23(16)17)31-11-9-19-21(15-31)29-25(37(2)36)30-24(19)32-12-13-33(26(34)35)18(14-32)8-10-28/h3-7,18H,8-9,11-15H2,1-2H3,(H,34,35)/t18-,37?/m0/s1. The summed E-state index contributed by atoms with van der Waals surface area (Å²) in [5.74, 6) is 0.404. The monoisotopic (exact) mass is 522 g/mol. The van der Waals surface area contributed by atoms with E-state index in [1.165, 1.54) is 17.2 Å². The maximum atomic E-state index is 14.5. The molecule has 1 aromatic heterocycles. The molecule has 0 spiro atoms. The molecule has 0 radical (unpaired) electrons. The lowest BCUT2D eigenvalue weighted by molar-refractivity contribution is 0.119. The van der Waals surface area contributed by atoms with Crippen LogP contribution in [0.1, 0.15) is 23.2 Å². The Balaban J connectivity index is 1.53. The van der Waals surface area contributed by atoms with Gasteiger partial charge >= 0.3 is 6.09 Å². The molecule has 0 bridgehead atoms. The molecular weight excluding hydrogens is 495 g/mol. The summed E-state index contributed by atoms with van der Waals surface area (Å²) in [7, 11) is -1.43. The van der Waals surface area contributed by atoms with E-state index >= 15 is 0 Å². The van der Waals surface area contributed by atoms with Crippen molar-refractivity contribution >= 4 is 39.2 Å². The van der Waals surface area contributed by atoms with Crippen LogP contribution in [0.4, 0.5) is 20.7 Å². The number of rotatable bonds is 4. The van der Waals surface area contributed by atoms with Crippen molar-refractivity contribution < 1.29 is 18.5 Å². The first-order valence-corrected chi connectivity index (χ1v) is 13.6. The van der Waals surface area contributed by atoms with E-state index < -0.39 is 22.9 Å². The lowest BCUT2D eigenvalue weighted by atomic mass is 9.99. The van der Waals surface area contributed by atoms with Crippen LogP contribution >= 0.6 is 0 Å². The minimum Gasteiger partial charge on any atom is -0.465 e. The zero-order chi connectivity index (χ0) is 26.3. The Kier molecular flexibility index (Phi) is 6.69. The fourth-order valence-electron chi connectivity index (χ4n) is 5.34. The van der Waals surface area contributed by atoms with Crippen molar-refractivity contribution in [2.75, 3.05) is 42.2 Å². The summed E-state index contributed by atoms with van der Waals surface area (Å²) in [6.07, 6.45) is 1.18. The van der Waals surface area contributed by atoms with Gasteiger partial charge in [-0.25, -0.2) is 19.2 Å². The summed E-state index contributed by atoms with van der Waals surface area (Å²) in [6, 6.07) is 10.8. The molecule has 3 heterocycles. The van der Waals surface area contributed by atoms with Gasteiger partial charge in [0.25, 0.3) is 0 Å². The quantitative estimate of drug-likeness (QED) is 0.519. The molecule has 3 aromatic rings. The van der Waals surface area contributed by atoms with Crippen LogP contribution in [-0.4, -0.2) is 68.8 Å². The van der Waals surface area contributed by atoms with E-state index in [1.807, 2.05) is 23.1 Å². The van der Waals surface area contributed by atoms with Crippen LogP contribution in [0.5, 0.6) is 0 Å². The Morgan fingerprint density at radius 2 is 2.03 bits per heavy atom. The SMILES string of the molecule is Cc1c(F)ccc2cccc(N3CCc4c(nc(S(C)=O)nc4N4CCN(C(=O)O)[C@@H](CC#N)C4)C3)c12. The number of nitrogens with zero attached hydrogens (tertiary/aromatic N) is 6. The summed E-state index contributed by atoms with van der Waals surface area (Å²) < 4.78 is 26.9. The van der Waals surface area contributed by atoms with Gasteiger partial charge in [-0.3, -0.25) is 4.21 Å². The molecule has 11 heteroatoms. The van der Waals surface area contributed by atoms with Gasteiger partial charge in [-0.1, -0.05) is 18.2 Å². The molecule has 5 rings (SSSR count). The smallest absolute Gasteiger partial charge is 0.407 e. The van der Waals surface area contributed by atoms with Gasteiger partial charge in [0.2, 0.25) is 5.16 Å². The van der Waals surface area contributed by atoms with Gasteiger partial charge in [-0.05, 0) is 36.4 Å². The Morgan fingerprint density at radius 3 is 2.76 bits per heavy atom. The van der Waals surface area contributed by atoms with Crippen LogP contribution in [-0.2, 0) is 23.8 Å². The van der Waals surface area contributed by atoms with E-state index in [1.54, 1.807) is 13.0 Å². The average Bonchev–Trinajstić information content (AvgIpc) is 2.89. The highest BCUT2D eigenvalue weighted by atomic mass is 32.2. The normalized spacial score (nSPS) is 18.4. The van der Waals surface area contributed by atoms with Crippen LogP contribution in [0, 0.1) is 24.1 Å². The minimum absolute atomic E-state index is 0.0768. The molecular formula is C26H27FN6O3S. The number of benzene rings is 2. The molecule has 1 N–H and O–H groups in total. The second-order valence-corrected chi connectivity index (χ2v) is 10.6. The Hall–Kier alpha value is -3.78. The highest BCUT2D eigenvalue weighted by molar-refractivity contribution is 7.84. The number of aromatic nitrogens is 2. The number of anilines is 2. The summed E-state index contributed by atoms with van der Waals surface area (Å²) in [6.45, 7) is 3.87. The van der Waals surface area contributed by atoms with Gasteiger partial charge in [0.05, 0.1) is 41.6 Å². The lowest BCUT2D eigenvalue weighted by Crippen LogP contribution is -2.55. The maximum Gasteiger partial charge on any atom is 0.407 e. The Labute approximate surface area is 216 Å². The molecule has 2 aliphatic rings. The summed E-state index contributed by atoms with van der Waals surface area (Å²) in [5.41, 5.74) is 3.21. The fourth-order valence-corrected chi connectivity index (χ4v) is 5.79. The van der Waals surface area contributed by atoms with Crippen LogP contribution in [0.25, 0.3) is 10.8 Å². The second-order valence-electron chi connectivity index (χ2n) is 9.37. The van der Waals surface area contributed by atoms with Crippen molar-refractivity contribution in [3.63, 3.8) is 0 Å². The minimum atomic E-state index is -1.43. The number of nitriles is 1. The van der Waals surface area contributed by atoms with E-state index in [4.69, 9.17) is 0 Å². The van der Waals surface area contributed by atoms with Gasteiger partial charge in [0.1, 0.15) is 11.6 Å². The molecule has 0 aliphatic carbocycles. The predicted molar refractivity (Wildman–Crippen MR) is 139 cm³/mol. The van der Waals surface area contributed by atoms with E-state index in [-0.39, 0.29) is 23.9 Å². The van der Waals surface area contributed by atoms with Crippen LogP contribution < -0.4 is 9.80 Å². The molecule has 0 saturated carbocycles. The van der Waals surface area contributed by atoms with Crippen molar-refractivity contribution in [2.45, 2.75) is 37.5 Å². The number of halogens is 1. The molecule has 1 fully saturated rings. The Bertz CT molecular complexity index is 1460. The third-order valence-corrected chi connectivity index (χ3v) is 7.89. The maximum absolute atomic E-state index is 14.5. The van der Waals surface area contributed by atoms with Gasteiger partial charge < -0.3 is 19.8 Å². The number of piperazine rings is 1. The first-order chi connectivity index (χ1) is 17.8. The molecule has 37 heavy (non-hydrogen) atoms. The van der Waals surface area contributed by atoms with Crippen LogP contribution in [0.2, 0.25) is 0 Å². The topological polar surface area (TPSA) is 114 Å². The summed E-state index contributed by atoms with van der Waals surface area (Å²) in [5, 5.41) is 20.8. The number of hydrogen-bond acceptors (Lipinski definition) is 7. The van der Waals surface area contributed by atoms with Gasteiger partial charge in [0.15, 0.2) is 0 Å². The molecule has 192 valence electrons. The molecule has 9 nitrogen and oxygen atoms in total. The fraction of sp³-hybridized carbons (Fsp3) is 0.385. The van der Waals surface area contributed by atoms with Crippen LogP contribution in [0.3, 0.4) is 0 Å². The summed E-state index contributed by atoms with van der Waals surface area (Å²) >= 11 is 0. The number of fused-ring (bicyclic) bond motifs is 2. The van der Waals surface area contributed by atoms with Gasteiger partial charge in [-0.2, -0.15) is 5.26 Å². The second kappa shape index (κ2) is 9.94. The number of amides is 1. The number of hydrogen-bond donors (Lipinski definition) is 1. The first kappa shape index (κ1) is 24.9. The van der Waals surface area contributed by atoms with E-state index in [0.29, 0.717) is 44.0 Å². The van der Waals surface area contributed by atoms with Crippen molar-refractivity contribution in [3.05, 3.63) is 53.0 Å². The largest absolute Gasteiger partial charge is 0.465 e. The molecule has 1 saturated heterocycles. The van der Waals surface area contributed by atoms with Crippen molar-refractivity contribution in [3.8, 4) is 6.07 Å². The first-order valence-electron chi connectivity index (χ1n) is 12.1. The molecule has 2 aliphatic heterocycles. The third kappa shape index (κ3) is 4.57. The number of carboxylic acid groups (broad SMARTS) is 1. The number of aryl methyl sites for hydroxylation is 1. The van der Waals surface area contributed by atoms with Gasteiger partial charge in [-0.15, -0.1) is 0 Å². The summed E-state index contributed by atoms with van der Waals surface area (Å²) in [4.78, 5) is 26.4. The zero-order valence-electron chi connectivity index (χ0n) is 20.6.